The lowest BCUT2D eigenvalue weighted by molar-refractivity contribution is 0.861. The number of nitrogens with two attached hydrogens (primary N) is 1. The predicted molar refractivity (Wildman–Crippen MR) is 82.1 cm³/mol. The topological polar surface area (TPSA) is 42.2 Å². The zero-order chi connectivity index (χ0) is 13.8. The summed E-state index contributed by atoms with van der Waals surface area (Å²) in [5.74, 6) is 0.951. The Labute approximate surface area is 123 Å². The lowest BCUT2D eigenvalue weighted by Crippen LogP contribution is -2.22. The minimum absolute atomic E-state index is 0.299. The van der Waals surface area contributed by atoms with Crippen molar-refractivity contribution < 1.29 is 0 Å². The van der Waals surface area contributed by atoms with E-state index in [1.807, 2.05) is 30.1 Å². The van der Waals surface area contributed by atoms with Crippen molar-refractivity contribution in [1.82, 2.24) is 4.98 Å². The van der Waals surface area contributed by atoms with Gasteiger partial charge in [0.05, 0.1) is 10.0 Å². The predicted octanol–water partition coefficient (Wildman–Crippen LogP) is 3.65. The van der Waals surface area contributed by atoms with E-state index in [1.54, 1.807) is 6.07 Å². The van der Waals surface area contributed by atoms with Crippen LogP contribution in [0.1, 0.15) is 5.56 Å². The molecule has 0 spiro atoms. The van der Waals surface area contributed by atoms with Gasteiger partial charge >= 0.3 is 0 Å². The van der Waals surface area contributed by atoms with Crippen LogP contribution < -0.4 is 10.6 Å². The van der Waals surface area contributed by atoms with Crippen LogP contribution in [-0.2, 0) is 6.42 Å². The van der Waals surface area contributed by atoms with Crippen LogP contribution in [0.3, 0.4) is 0 Å². The summed E-state index contributed by atoms with van der Waals surface area (Å²) >= 11 is 12.0. The molecule has 0 amide bonds. The van der Waals surface area contributed by atoms with Crippen LogP contribution in [0.4, 0.5) is 11.6 Å². The van der Waals surface area contributed by atoms with Gasteiger partial charge in [0, 0.05) is 13.6 Å². The summed E-state index contributed by atoms with van der Waals surface area (Å²) in [7, 11) is 1.94. The highest BCUT2D eigenvalue weighted by atomic mass is 35.5. The molecule has 3 nitrogen and oxygen atoms in total. The molecule has 5 heteroatoms. The van der Waals surface area contributed by atoms with E-state index in [-0.39, 0.29) is 0 Å². The van der Waals surface area contributed by atoms with Gasteiger partial charge in [-0.1, -0.05) is 53.5 Å². The van der Waals surface area contributed by atoms with Gasteiger partial charge in [-0.3, -0.25) is 0 Å². The Morgan fingerprint density at radius 2 is 1.84 bits per heavy atom. The Balaban J connectivity index is 2.08. The number of pyridine rings is 1. The Bertz CT molecular complexity index is 558. The van der Waals surface area contributed by atoms with Crippen LogP contribution in [0.15, 0.2) is 36.4 Å². The molecule has 0 aliphatic carbocycles. The molecule has 0 saturated carbocycles. The number of aromatic nitrogens is 1. The molecule has 0 radical (unpaired) electrons. The van der Waals surface area contributed by atoms with Gasteiger partial charge in [-0.05, 0) is 18.1 Å². The first-order valence-electron chi connectivity index (χ1n) is 5.94. The molecule has 1 aromatic carbocycles. The quantitative estimate of drug-likeness (QED) is 0.936. The second kappa shape index (κ2) is 6.13. The molecule has 0 aliphatic rings. The van der Waals surface area contributed by atoms with Crippen LogP contribution in [0, 0.1) is 0 Å². The summed E-state index contributed by atoms with van der Waals surface area (Å²) in [6.45, 7) is 0.803. The van der Waals surface area contributed by atoms with E-state index in [2.05, 4.69) is 17.1 Å². The maximum absolute atomic E-state index is 6.13. The molecule has 0 aliphatic heterocycles. The van der Waals surface area contributed by atoms with E-state index in [1.165, 1.54) is 5.56 Å². The van der Waals surface area contributed by atoms with E-state index in [0.717, 1.165) is 13.0 Å². The summed E-state index contributed by atoms with van der Waals surface area (Å²) in [6, 6.07) is 11.9. The van der Waals surface area contributed by atoms with Gasteiger partial charge in [-0.2, -0.15) is 0 Å². The van der Waals surface area contributed by atoms with E-state index >= 15 is 0 Å². The van der Waals surface area contributed by atoms with Crippen LogP contribution in [0.25, 0.3) is 0 Å². The Morgan fingerprint density at radius 1 is 1.16 bits per heavy atom. The van der Waals surface area contributed by atoms with E-state index in [0.29, 0.717) is 21.7 Å². The Kier molecular flexibility index (Phi) is 4.51. The Morgan fingerprint density at radius 3 is 2.53 bits per heavy atom. The first-order chi connectivity index (χ1) is 9.08. The second-order valence-electron chi connectivity index (χ2n) is 4.32. The molecule has 19 heavy (non-hydrogen) atoms. The number of hydrogen-bond donors (Lipinski definition) is 1. The molecule has 1 aromatic heterocycles. The summed E-state index contributed by atoms with van der Waals surface area (Å²) in [4.78, 5) is 6.20. The highest BCUT2D eigenvalue weighted by Gasteiger charge is 2.11. The van der Waals surface area contributed by atoms with E-state index in [9.17, 15) is 0 Å². The average molecular weight is 296 g/mol. The number of halogens is 2. The third-order valence-electron chi connectivity index (χ3n) is 2.88. The fourth-order valence-corrected chi connectivity index (χ4v) is 2.29. The van der Waals surface area contributed by atoms with Crippen molar-refractivity contribution in [2.75, 3.05) is 24.2 Å². The van der Waals surface area contributed by atoms with Gasteiger partial charge in [0.25, 0.3) is 0 Å². The standard InChI is InChI=1S/C14H15Cl2N3/c1-19(8-7-10-5-3-2-4-6-10)14-12(16)9-11(15)13(17)18-14/h2-6,9H,7-8H2,1H3,(H2,17,18). The van der Waals surface area contributed by atoms with Crippen molar-refractivity contribution in [3.8, 4) is 0 Å². The van der Waals surface area contributed by atoms with Gasteiger partial charge in [-0.15, -0.1) is 0 Å². The molecule has 100 valence electrons. The molecule has 1 heterocycles. The molecular formula is C14H15Cl2N3. The van der Waals surface area contributed by atoms with Crippen LogP contribution in [0.5, 0.6) is 0 Å². The second-order valence-corrected chi connectivity index (χ2v) is 5.13. The molecule has 2 N–H and O–H groups in total. The van der Waals surface area contributed by atoms with Crippen molar-refractivity contribution in [2.24, 2.45) is 0 Å². The zero-order valence-electron chi connectivity index (χ0n) is 10.6. The van der Waals surface area contributed by atoms with Gasteiger partial charge in [0.1, 0.15) is 11.6 Å². The van der Waals surface area contributed by atoms with E-state index < -0.39 is 0 Å². The average Bonchev–Trinajstić information content (AvgIpc) is 2.41. The van der Waals surface area contributed by atoms with Crippen LogP contribution in [0.2, 0.25) is 10.0 Å². The first kappa shape index (κ1) is 14.0. The number of nitrogen functional groups attached to an aromatic ring is 1. The molecule has 2 aromatic rings. The van der Waals surface area contributed by atoms with Crippen molar-refractivity contribution in [1.29, 1.82) is 0 Å². The number of likely N-dealkylation sites (N-methyl/N-ethyl adjacent to an activating group) is 1. The number of rotatable bonds is 4. The minimum atomic E-state index is 0.299. The Hall–Kier alpha value is -1.45. The van der Waals surface area contributed by atoms with Gasteiger partial charge in [-0.25, -0.2) is 4.98 Å². The molecule has 0 bridgehead atoms. The third kappa shape index (κ3) is 3.52. The van der Waals surface area contributed by atoms with Crippen LogP contribution in [-0.4, -0.2) is 18.6 Å². The molecular weight excluding hydrogens is 281 g/mol. The van der Waals surface area contributed by atoms with Crippen molar-refractivity contribution >= 4 is 34.8 Å². The normalized spacial score (nSPS) is 10.5. The smallest absolute Gasteiger partial charge is 0.149 e. The molecule has 0 unspecified atom stereocenters. The largest absolute Gasteiger partial charge is 0.382 e. The third-order valence-corrected chi connectivity index (χ3v) is 3.46. The molecule has 0 fully saturated rings. The van der Waals surface area contributed by atoms with Crippen LogP contribution >= 0.6 is 23.2 Å². The summed E-state index contributed by atoms with van der Waals surface area (Å²) in [5.41, 5.74) is 6.98. The lowest BCUT2D eigenvalue weighted by Gasteiger charge is -2.20. The minimum Gasteiger partial charge on any atom is -0.382 e. The summed E-state index contributed by atoms with van der Waals surface area (Å²) in [6.07, 6.45) is 0.915. The molecule has 0 atom stereocenters. The van der Waals surface area contributed by atoms with Gasteiger partial charge < -0.3 is 10.6 Å². The number of hydrogen-bond acceptors (Lipinski definition) is 3. The van der Waals surface area contributed by atoms with E-state index in [4.69, 9.17) is 28.9 Å². The summed E-state index contributed by atoms with van der Waals surface area (Å²) < 4.78 is 0. The zero-order valence-corrected chi connectivity index (χ0v) is 12.1. The maximum Gasteiger partial charge on any atom is 0.149 e. The van der Waals surface area contributed by atoms with Crippen molar-refractivity contribution in [3.63, 3.8) is 0 Å². The maximum atomic E-state index is 6.13. The highest BCUT2D eigenvalue weighted by Crippen LogP contribution is 2.29. The van der Waals surface area contributed by atoms with Crippen molar-refractivity contribution in [2.45, 2.75) is 6.42 Å². The SMILES string of the molecule is CN(CCc1ccccc1)c1nc(N)c(Cl)cc1Cl. The number of benzene rings is 1. The van der Waals surface area contributed by atoms with Crippen molar-refractivity contribution in [3.05, 3.63) is 52.0 Å². The lowest BCUT2D eigenvalue weighted by atomic mass is 10.1. The highest BCUT2D eigenvalue weighted by molar-refractivity contribution is 6.37. The van der Waals surface area contributed by atoms with Gasteiger partial charge in [0.2, 0.25) is 0 Å². The fraction of sp³-hybridized carbons (Fsp3) is 0.214. The molecule has 0 saturated heterocycles. The molecule has 2 rings (SSSR count). The first-order valence-corrected chi connectivity index (χ1v) is 6.70. The summed E-state index contributed by atoms with van der Waals surface area (Å²) in [5, 5.41) is 0.889. The van der Waals surface area contributed by atoms with Gasteiger partial charge in [0.15, 0.2) is 0 Å². The number of nitrogens with zero attached hydrogens (tertiary/aromatic N) is 2. The fourth-order valence-electron chi connectivity index (χ4n) is 1.79. The monoisotopic (exact) mass is 295 g/mol. The number of anilines is 2.